The highest BCUT2D eigenvalue weighted by atomic mass is 79.9. The summed E-state index contributed by atoms with van der Waals surface area (Å²) in [4.78, 5) is 11.6. The van der Waals surface area contributed by atoms with Crippen LogP contribution in [0.3, 0.4) is 0 Å². The molecule has 116 valence electrons. The van der Waals surface area contributed by atoms with Crippen LogP contribution in [0.25, 0.3) is 10.9 Å². The van der Waals surface area contributed by atoms with Crippen molar-refractivity contribution in [2.75, 3.05) is 11.4 Å². The van der Waals surface area contributed by atoms with Crippen molar-refractivity contribution in [3.8, 4) is 0 Å². The van der Waals surface area contributed by atoms with E-state index in [2.05, 4.69) is 63.7 Å². The zero-order valence-electron chi connectivity index (χ0n) is 13.4. The minimum atomic E-state index is 0.412. The van der Waals surface area contributed by atoms with Gasteiger partial charge in [-0.1, -0.05) is 36.7 Å². The standard InChI is InChI=1S/C18H22BrN3/c1-17(2)7-13-8-18(3,9-17)10-22(13)16-14-6-12(19)4-5-15(14)20-11-21-16/h4-6,11,13H,7-10H2,1-3H3/t13-,18+/m0/s1. The highest BCUT2D eigenvalue weighted by Crippen LogP contribution is 2.53. The Hall–Kier alpha value is -1.16. The predicted molar refractivity (Wildman–Crippen MR) is 94.1 cm³/mol. The summed E-state index contributed by atoms with van der Waals surface area (Å²) >= 11 is 3.59. The summed E-state index contributed by atoms with van der Waals surface area (Å²) in [6, 6.07) is 6.87. The summed E-state index contributed by atoms with van der Waals surface area (Å²) < 4.78 is 1.09. The first-order valence-corrected chi connectivity index (χ1v) is 8.82. The van der Waals surface area contributed by atoms with Crippen molar-refractivity contribution in [1.29, 1.82) is 0 Å². The molecule has 1 saturated carbocycles. The summed E-state index contributed by atoms with van der Waals surface area (Å²) in [5.41, 5.74) is 1.87. The average Bonchev–Trinajstić information content (AvgIpc) is 2.67. The van der Waals surface area contributed by atoms with Crippen LogP contribution >= 0.6 is 15.9 Å². The van der Waals surface area contributed by atoms with E-state index in [0.29, 0.717) is 16.9 Å². The molecule has 2 bridgehead atoms. The molecular formula is C18H22BrN3. The van der Waals surface area contributed by atoms with E-state index in [1.54, 1.807) is 6.33 Å². The lowest BCUT2D eigenvalue weighted by Gasteiger charge is -2.39. The van der Waals surface area contributed by atoms with Gasteiger partial charge in [-0.25, -0.2) is 9.97 Å². The second-order valence-corrected chi connectivity index (χ2v) is 9.12. The van der Waals surface area contributed by atoms with Gasteiger partial charge in [-0.05, 0) is 48.3 Å². The van der Waals surface area contributed by atoms with Gasteiger partial charge in [0, 0.05) is 22.4 Å². The van der Waals surface area contributed by atoms with Crippen molar-refractivity contribution >= 4 is 32.7 Å². The number of fused-ring (bicyclic) bond motifs is 3. The number of benzene rings is 1. The molecule has 2 heterocycles. The van der Waals surface area contributed by atoms with Gasteiger partial charge in [0.25, 0.3) is 0 Å². The third kappa shape index (κ3) is 2.32. The topological polar surface area (TPSA) is 29.0 Å². The van der Waals surface area contributed by atoms with E-state index < -0.39 is 0 Å². The van der Waals surface area contributed by atoms with Crippen molar-refractivity contribution in [1.82, 2.24) is 9.97 Å². The van der Waals surface area contributed by atoms with Crippen molar-refractivity contribution < 1.29 is 0 Å². The van der Waals surface area contributed by atoms with E-state index in [0.717, 1.165) is 27.7 Å². The van der Waals surface area contributed by atoms with E-state index >= 15 is 0 Å². The second kappa shape index (κ2) is 4.67. The smallest absolute Gasteiger partial charge is 0.140 e. The SMILES string of the molecule is CC1(C)C[C@H]2C[C@@](C)(CN2c2ncnc3ccc(Br)cc23)C1. The number of hydrogen-bond donors (Lipinski definition) is 0. The zero-order valence-corrected chi connectivity index (χ0v) is 15.0. The van der Waals surface area contributed by atoms with Gasteiger partial charge in [-0.2, -0.15) is 0 Å². The molecule has 1 aliphatic carbocycles. The lowest BCUT2D eigenvalue weighted by atomic mass is 9.65. The van der Waals surface area contributed by atoms with Gasteiger partial charge in [-0.3, -0.25) is 0 Å². The Kier molecular flexibility index (Phi) is 3.06. The fraction of sp³-hybridized carbons (Fsp3) is 0.556. The highest BCUT2D eigenvalue weighted by molar-refractivity contribution is 9.10. The number of rotatable bonds is 1. The molecule has 0 unspecified atom stereocenters. The third-order valence-electron chi connectivity index (χ3n) is 5.26. The van der Waals surface area contributed by atoms with Crippen LogP contribution in [0.2, 0.25) is 0 Å². The fourth-order valence-electron chi connectivity index (χ4n) is 4.95. The summed E-state index contributed by atoms with van der Waals surface area (Å²) in [6.07, 6.45) is 5.55. The molecule has 2 aromatic rings. The maximum atomic E-state index is 4.66. The molecule has 0 spiro atoms. The van der Waals surface area contributed by atoms with Crippen LogP contribution in [0.15, 0.2) is 29.0 Å². The maximum Gasteiger partial charge on any atom is 0.140 e. The molecule has 0 amide bonds. The molecule has 4 rings (SSSR count). The largest absolute Gasteiger partial charge is 0.352 e. The van der Waals surface area contributed by atoms with Crippen LogP contribution in [-0.2, 0) is 0 Å². The van der Waals surface area contributed by atoms with Crippen molar-refractivity contribution in [2.45, 2.75) is 46.1 Å². The molecule has 22 heavy (non-hydrogen) atoms. The number of aromatic nitrogens is 2. The minimum Gasteiger partial charge on any atom is -0.352 e. The van der Waals surface area contributed by atoms with Gasteiger partial charge < -0.3 is 4.90 Å². The van der Waals surface area contributed by atoms with Crippen LogP contribution in [0, 0.1) is 10.8 Å². The van der Waals surface area contributed by atoms with Crippen LogP contribution in [0.1, 0.15) is 40.0 Å². The Balaban J connectivity index is 1.82. The minimum absolute atomic E-state index is 0.412. The van der Waals surface area contributed by atoms with Gasteiger partial charge in [0.15, 0.2) is 0 Å². The van der Waals surface area contributed by atoms with Crippen LogP contribution in [0.4, 0.5) is 5.82 Å². The maximum absolute atomic E-state index is 4.66. The monoisotopic (exact) mass is 359 g/mol. The normalized spacial score (nSPS) is 30.0. The molecule has 0 N–H and O–H groups in total. The number of anilines is 1. The van der Waals surface area contributed by atoms with E-state index in [1.807, 2.05) is 6.07 Å². The molecular weight excluding hydrogens is 338 g/mol. The van der Waals surface area contributed by atoms with Crippen molar-refractivity contribution in [2.24, 2.45) is 10.8 Å². The third-order valence-corrected chi connectivity index (χ3v) is 5.76. The van der Waals surface area contributed by atoms with Crippen LogP contribution in [-0.4, -0.2) is 22.6 Å². The number of nitrogens with zero attached hydrogens (tertiary/aromatic N) is 3. The molecule has 2 fully saturated rings. The van der Waals surface area contributed by atoms with E-state index in [1.165, 1.54) is 19.3 Å². The average molecular weight is 360 g/mol. The van der Waals surface area contributed by atoms with Crippen LogP contribution < -0.4 is 4.90 Å². The molecule has 4 heteroatoms. The van der Waals surface area contributed by atoms with Gasteiger partial charge in [-0.15, -0.1) is 0 Å². The van der Waals surface area contributed by atoms with E-state index in [9.17, 15) is 0 Å². The van der Waals surface area contributed by atoms with E-state index in [4.69, 9.17) is 0 Å². The molecule has 1 aliphatic heterocycles. The summed E-state index contributed by atoms with van der Waals surface area (Å²) in [6.45, 7) is 8.38. The zero-order chi connectivity index (χ0) is 15.5. The second-order valence-electron chi connectivity index (χ2n) is 8.20. The molecule has 1 aromatic heterocycles. The molecule has 0 radical (unpaired) electrons. The van der Waals surface area contributed by atoms with Crippen molar-refractivity contribution in [3.63, 3.8) is 0 Å². The Morgan fingerprint density at radius 1 is 1.18 bits per heavy atom. The lowest BCUT2D eigenvalue weighted by Crippen LogP contribution is -2.35. The number of halogens is 1. The molecule has 2 atom stereocenters. The van der Waals surface area contributed by atoms with E-state index in [-0.39, 0.29) is 0 Å². The lowest BCUT2D eigenvalue weighted by molar-refractivity contribution is 0.136. The molecule has 1 saturated heterocycles. The summed E-state index contributed by atoms with van der Waals surface area (Å²) in [5, 5.41) is 1.16. The van der Waals surface area contributed by atoms with Gasteiger partial charge in [0.2, 0.25) is 0 Å². The first-order valence-electron chi connectivity index (χ1n) is 8.02. The Morgan fingerprint density at radius 2 is 2.00 bits per heavy atom. The van der Waals surface area contributed by atoms with Gasteiger partial charge >= 0.3 is 0 Å². The molecule has 2 aliphatic rings. The van der Waals surface area contributed by atoms with Crippen molar-refractivity contribution in [3.05, 3.63) is 29.0 Å². The quantitative estimate of drug-likeness (QED) is 0.732. The molecule has 3 nitrogen and oxygen atoms in total. The van der Waals surface area contributed by atoms with Gasteiger partial charge in [0.1, 0.15) is 12.1 Å². The Morgan fingerprint density at radius 3 is 2.82 bits per heavy atom. The highest BCUT2D eigenvalue weighted by Gasteiger charge is 2.50. The Bertz CT molecular complexity index is 742. The van der Waals surface area contributed by atoms with Crippen LogP contribution in [0.5, 0.6) is 0 Å². The van der Waals surface area contributed by atoms with Gasteiger partial charge in [0.05, 0.1) is 5.52 Å². The number of hydrogen-bond acceptors (Lipinski definition) is 3. The first-order chi connectivity index (χ1) is 10.4. The molecule has 1 aromatic carbocycles. The summed E-state index contributed by atoms with van der Waals surface area (Å²) in [5.74, 6) is 1.11. The fourth-order valence-corrected chi connectivity index (χ4v) is 5.31. The summed E-state index contributed by atoms with van der Waals surface area (Å²) in [7, 11) is 0. The Labute approximate surface area is 140 Å². The predicted octanol–water partition coefficient (Wildman–Crippen LogP) is 4.80. The first kappa shape index (κ1) is 14.4.